The number of likely N-dealkylation sites (N-methyl/N-ethyl adjacent to an activating group) is 2. The number of ether oxygens (including phenoxy) is 6. The molecule has 4 N–H and O–H groups in total. The molecule has 0 saturated heterocycles. The first-order chi connectivity index (χ1) is 47.3. The van der Waals surface area contributed by atoms with Gasteiger partial charge in [0.05, 0.1) is 50.8 Å². The number of alkyl halides is 9. The first-order valence-electron chi connectivity index (χ1n) is 31.9. The fourth-order valence-corrected chi connectivity index (χ4v) is 13.3. The molecule has 0 bridgehead atoms. The van der Waals surface area contributed by atoms with Crippen LogP contribution in [0.15, 0.2) is 121 Å². The predicted molar refractivity (Wildman–Crippen MR) is 353 cm³/mol. The Morgan fingerprint density at radius 1 is 0.510 bits per heavy atom. The SMILES string of the molecule is CCC1(CC)C/C(=C\C(=O)Nc2cccc3c2OCC(=O)N3C)c2ccc(C(F)(F)F)cc2O1.CN1C(=O)COc2c(NC(=O)/C=C3\CC4(CCC4)Oc4cc(C(F)(F)F)ccc43)cccc21.O=C(/C=C1\CC2(CCC2)Oc2cc(C(F)(F)F)ccc21)Nc1cc(Cl)cc2c1OCC(=O)N2. The van der Waals surface area contributed by atoms with Gasteiger partial charge in [0, 0.05) is 73.3 Å². The third-order valence-electron chi connectivity index (χ3n) is 18.8. The van der Waals surface area contributed by atoms with E-state index >= 15 is 0 Å². The Morgan fingerprint density at radius 3 is 1.29 bits per heavy atom. The van der Waals surface area contributed by atoms with Crippen molar-refractivity contribution in [2.24, 2.45) is 0 Å². The molecule has 28 heteroatoms. The maximum atomic E-state index is 13.3. The molecular weight excluding hydrogens is 1350 g/mol. The number of para-hydroxylation sites is 2. The zero-order valence-electron chi connectivity index (χ0n) is 54.0. The van der Waals surface area contributed by atoms with Crippen LogP contribution in [0, 0.1) is 0 Å². The molecule has 0 unspecified atom stereocenters. The van der Waals surface area contributed by atoms with Gasteiger partial charge in [-0.2, -0.15) is 39.5 Å². The molecule has 524 valence electrons. The van der Waals surface area contributed by atoms with Crippen molar-refractivity contribution < 1.29 is 96.7 Å². The normalized spacial score (nSPS) is 19.1. The highest BCUT2D eigenvalue weighted by molar-refractivity contribution is 6.31. The van der Waals surface area contributed by atoms with E-state index in [0.717, 1.165) is 62.1 Å². The maximum Gasteiger partial charge on any atom is 0.416 e. The number of hydrogen-bond donors (Lipinski definition) is 4. The van der Waals surface area contributed by atoms with Gasteiger partial charge >= 0.3 is 18.5 Å². The Kier molecular flexibility index (Phi) is 18.7. The van der Waals surface area contributed by atoms with Gasteiger partial charge in [-0.1, -0.05) is 55.8 Å². The van der Waals surface area contributed by atoms with Crippen LogP contribution < -0.4 is 59.5 Å². The number of amides is 6. The molecule has 6 amide bonds. The molecule has 6 heterocycles. The summed E-state index contributed by atoms with van der Waals surface area (Å²) in [6.45, 7) is 3.34. The monoisotopic (exact) mass is 1410 g/mol. The number of hydrogen-bond acceptors (Lipinski definition) is 12. The van der Waals surface area contributed by atoms with Gasteiger partial charge in [-0.3, -0.25) is 28.8 Å². The summed E-state index contributed by atoms with van der Waals surface area (Å²) in [5.41, 5.74) is 1.44. The largest absolute Gasteiger partial charge is 0.486 e. The van der Waals surface area contributed by atoms with Gasteiger partial charge in [-0.05, 0) is 141 Å². The molecule has 6 aromatic carbocycles. The second-order valence-corrected chi connectivity index (χ2v) is 25.8. The number of nitrogens with zero attached hydrogens (tertiary/aromatic N) is 2. The molecule has 2 saturated carbocycles. The van der Waals surface area contributed by atoms with Crippen LogP contribution in [-0.2, 0) is 47.3 Å². The summed E-state index contributed by atoms with van der Waals surface area (Å²) >= 11 is 6.11. The molecular formula is C72H64ClF9N6O12. The van der Waals surface area contributed by atoms with Gasteiger partial charge < -0.3 is 59.5 Å². The van der Waals surface area contributed by atoms with E-state index < -0.39 is 69.7 Å². The topological polar surface area (TPSA) is 212 Å². The Hall–Kier alpha value is -10.2. The van der Waals surface area contributed by atoms with Crippen LogP contribution in [0.1, 0.15) is 118 Å². The molecule has 2 spiro atoms. The van der Waals surface area contributed by atoms with Crippen LogP contribution in [-0.4, -0.2) is 86.2 Å². The third kappa shape index (κ3) is 14.5. The van der Waals surface area contributed by atoms with Gasteiger partial charge in [0.25, 0.3) is 17.7 Å². The molecule has 6 aromatic rings. The van der Waals surface area contributed by atoms with Crippen LogP contribution in [0.2, 0.25) is 5.02 Å². The summed E-state index contributed by atoms with van der Waals surface area (Å²) in [6, 6.07) is 23.2. The second kappa shape index (κ2) is 26.8. The average Bonchev–Trinajstić information content (AvgIpc) is 0.771. The van der Waals surface area contributed by atoms with Crippen molar-refractivity contribution in [3.05, 3.63) is 160 Å². The lowest BCUT2D eigenvalue weighted by Crippen LogP contribution is -2.45. The van der Waals surface area contributed by atoms with E-state index in [1.807, 2.05) is 13.8 Å². The highest BCUT2D eigenvalue weighted by Crippen LogP contribution is 2.54. The quantitative estimate of drug-likeness (QED) is 0.0828. The third-order valence-corrected chi connectivity index (χ3v) is 19.0. The fourth-order valence-electron chi connectivity index (χ4n) is 13.1. The number of carbonyl (C=O) groups excluding carboxylic acids is 6. The van der Waals surface area contributed by atoms with Gasteiger partial charge in [0.15, 0.2) is 37.1 Å². The molecule has 18 nitrogen and oxygen atoms in total. The minimum Gasteiger partial charge on any atom is -0.486 e. The highest BCUT2D eigenvalue weighted by Gasteiger charge is 2.47. The highest BCUT2D eigenvalue weighted by atomic mass is 35.5. The summed E-state index contributed by atoms with van der Waals surface area (Å²) in [5.74, 6) is -0.696. The number of anilines is 6. The summed E-state index contributed by atoms with van der Waals surface area (Å²) in [4.78, 5) is 77.1. The molecule has 2 fully saturated rings. The van der Waals surface area contributed by atoms with Crippen LogP contribution in [0.4, 0.5) is 73.6 Å². The number of halogens is 10. The molecule has 0 radical (unpaired) electrons. The number of fused-ring (bicyclic) bond motifs is 6. The maximum absolute atomic E-state index is 13.3. The van der Waals surface area contributed by atoms with E-state index in [0.29, 0.717) is 118 Å². The standard InChI is InChI=1S/C25H25F3N2O4.C24H21F3N2O4.C23H18ClF3N2O4/c1-4-24(5-2)13-15(17-10-9-16(25(26,27)28)12-20(17)34-24)11-21(31)29-18-7-6-8-19-23(18)33-14-22(32)30(19)3;1-29-18-5-2-4-17(22(18)32-13-21(29)31)28-20(30)10-14-12-23(8-3-9-23)33-19-11-15(24(25,26)27)6-7-16(14)19;24-14-8-16(21-17(9-14)29-20(31)11-32-21)28-19(30)6-12-10-22(4-1-5-22)33-18-7-13(23(25,26)27)2-3-15(12)18/h6-12H,4-5,13-14H2,1-3H3,(H,29,31);2,4-7,10-11H,3,8-9,12-13H2,1H3,(H,28,30);2-3,6-9H,1,4-5,10-11H2,(H,28,30)(H,29,31)/b15-11+;14-10+;12-6+. The van der Waals surface area contributed by atoms with Gasteiger partial charge in [0.1, 0.15) is 34.1 Å². The van der Waals surface area contributed by atoms with E-state index in [4.69, 9.17) is 40.0 Å². The minimum absolute atomic E-state index is 0.115. The number of carbonyl (C=O) groups is 6. The number of nitrogens with one attached hydrogen (secondary N) is 4. The summed E-state index contributed by atoms with van der Waals surface area (Å²) < 4.78 is 154. The smallest absolute Gasteiger partial charge is 0.416 e. The van der Waals surface area contributed by atoms with E-state index in [-0.39, 0.29) is 71.3 Å². The van der Waals surface area contributed by atoms with E-state index in [9.17, 15) is 68.3 Å². The molecule has 2 aliphatic carbocycles. The van der Waals surface area contributed by atoms with Crippen LogP contribution in [0.25, 0.3) is 16.7 Å². The number of rotatable bonds is 8. The lowest BCUT2D eigenvalue weighted by molar-refractivity contribution is -0.138. The lowest BCUT2D eigenvalue weighted by atomic mass is 9.72. The van der Waals surface area contributed by atoms with Crippen molar-refractivity contribution in [2.45, 2.75) is 120 Å². The molecule has 100 heavy (non-hydrogen) atoms. The Balaban J connectivity index is 0.000000142. The second-order valence-electron chi connectivity index (χ2n) is 25.4. The molecule has 14 rings (SSSR count). The zero-order valence-corrected chi connectivity index (χ0v) is 54.8. The average molecular weight is 1410 g/mol. The van der Waals surface area contributed by atoms with Crippen molar-refractivity contribution >= 4 is 97.9 Å². The van der Waals surface area contributed by atoms with Crippen molar-refractivity contribution in [3.8, 4) is 34.5 Å². The molecule has 8 aliphatic rings. The summed E-state index contributed by atoms with van der Waals surface area (Å²) in [7, 11) is 3.25. The van der Waals surface area contributed by atoms with Crippen LogP contribution in [0.5, 0.6) is 34.5 Å². The fraction of sp³-hybridized carbons (Fsp3) is 0.333. The van der Waals surface area contributed by atoms with Gasteiger partial charge in [-0.25, -0.2) is 0 Å². The zero-order chi connectivity index (χ0) is 71.4. The Labute approximate surface area is 571 Å². The van der Waals surface area contributed by atoms with Crippen molar-refractivity contribution in [3.63, 3.8) is 0 Å². The number of benzene rings is 6. The Bertz CT molecular complexity index is 4440. The Morgan fingerprint density at radius 2 is 0.900 bits per heavy atom. The molecule has 0 aromatic heterocycles. The first-order valence-corrected chi connectivity index (χ1v) is 32.3. The molecule has 0 atom stereocenters. The first kappa shape index (κ1) is 69.7. The minimum atomic E-state index is -4.50. The predicted octanol–water partition coefficient (Wildman–Crippen LogP) is 15.6. The van der Waals surface area contributed by atoms with Gasteiger partial charge in [0.2, 0.25) is 17.7 Å². The van der Waals surface area contributed by atoms with Crippen molar-refractivity contribution in [1.82, 2.24) is 0 Å². The van der Waals surface area contributed by atoms with Crippen LogP contribution >= 0.6 is 11.6 Å². The molecule has 6 aliphatic heterocycles. The van der Waals surface area contributed by atoms with E-state index in [1.165, 1.54) is 58.4 Å². The van der Waals surface area contributed by atoms with Crippen LogP contribution in [0.3, 0.4) is 0 Å². The van der Waals surface area contributed by atoms with E-state index in [1.54, 1.807) is 50.5 Å². The van der Waals surface area contributed by atoms with Crippen molar-refractivity contribution in [2.75, 3.05) is 65.0 Å². The summed E-state index contributed by atoms with van der Waals surface area (Å²) in [6.07, 6.45) is -2.24. The van der Waals surface area contributed by atoms with Gasteiger partial charge in [-0.15, -0.1) is 0 Å². The lowest BCUT2D eigenvalue weighted by Gasteiger charge is -2.46. The summed E-state index contributed by atoms with van der Waals surface area (Å²) in [5, 5.41) is 11.2. The van der Waals surface area contributed by atoms with E-state index in [2.05, 4.69) is 21.3 Å². The van der Waals surface area contributed by atoms with Crippen molar-refractivity contribution in [1.29, 1.82) is 0 Å².